The first-order valence-electron chi connectivity index (χ1n) is 8.69. The first kappa shape index (κ1) is 18.2. The molecule has 0 saturated carbocycles. The predicted molar refractivity (Wildman–Crippen MR) is 107 cm³/mol. The van der Waals surface area contributed by atoms with Crippen LogP contribution in [0.15, 0.2) is 72.8 Å². The lowest BCUT2D eigenvalue weighted by atomic mass is 9.93. The van der Waals surface area contributed by atoms with E-state index in [1.807, 2.05) is 54.6 Å². The standard InChI is InChI=1S/C23H22ClNO/c1-16-11-12-21(17(2)13-16)23(19-8-4-3-5-9-19)25-22(26)15-18-7-6-10-20(24)14-18/h3-14,23H,15H2,1-2H3,(H,25,26)/t23-/m0/s1. The molecule has 0 bridgehead atoms. The molecule has 0 aliphatic rings. The Morgan fingerprint density at radius 2 is 1.73 bits per heavy atom. The van der Waals surface area contributed by atoms with Crippen LogP contribution in [0.4, 0.5) is 0 Å². The highest BCUT2D eigenvalue weighted by molar-refractivity contribution is 6.30. The van der Waals surface area contributed by atoms with Crippen molar-refractivity contribution in [1.29, 1.82) is 0 Å². The van der Waals surface area contributed by atoms with Gasteiger partial charge in [0.1, 0.15) is 0 Å². The highest BCUT2D eigenvalue weighted by atomic mass is 35.5. The predicted octanol–water partition coefficient (Wildman–Crippen LogP) is 5.41. The fraction of sp³-hybridized carbons (Fsp3) is 0.174. The Morgan fingerprint density at radius 1 is 0.962 bits per heavy atom. The van der Waals surface area contributed by atoms with Crippen LogP contribution in [0, 0.1) is 13.8 Å². The first-order valence-corrected chi connectivity index (χ1v) is 9.06. The molecule has 0 unspecified atom stereocenters. The van der Waals surface area contributed by atoms with E-state index in [1.165, 1.54) is 11.1 Å². The van der Waals surface area contributed by atoms with Crippen molar-refractivity contribution in [2.75, 3.05) is 0 Å². The quantitative estimate of drug-likeness (QED) is 0.645. The van der Waals surface area contributed by atoms with Crippen molar-refractivity contribution in [2.24, 2.45) is 0 Å². The van der Waals surface area contributed by atoms with Gasteiger partial charge in [0, 0.05) is 5.02 Å². The van der Waals surface area contributed by atoms with Gasteiger partial charge in [0.25, 0.3) is 0 Å². The second-order valence-electron chi connectivity index (χ2n) is 6.58. The molecule has 3 aromatic carbocycles. The van der Waals surface area contributed by atoms with Gasteiger partial charge in [-0.25, -0.2) is 0 Å². The number of aryl methyl sites for hydroxylation is 2. The molecule has 1 amide bonds. The van der Waals surface area contributed by atoms with E-state index in [9.17, 15) is 4.79 Å². The molecule has 0 aliphatic heterocycles. The summed E-state index contributed by atoms with van der Waals surface area (Å²) in [7, 11) is 0. The lowest BCUT2D eigenvalue weighted by Gasteiger charge is -2.22. The Labute approximate surface area is 159 Å². The molecule has 0 saturated heterocycles. The average molecular weight is 364 g/mol. The highest BCUT2D eigenvalue weighted by Gasteiger charge is 2.18. The van der Waals surface area contributed by atoms with Gasteiger partial charge in [-0.2, -0.15) is 0 Å². The molecule has 0 spiro atoms. The van der Waals surface area contributed by atoms with E-state index in [4.69, 9.17) is 11.6 Å². The van der Waals surface area contributed by atoms with Crippen molar-refractivity contribution in [3.05, 3.63) is 106 Å². The second-order valence-corrected chi connectivity index (χ2v) is 7.01. The van der Waals surface area contributed by atoms with Crippen LogP contribution in [0.5, 0.6) is 0 Å². The van der Waals surface area contributed by atoms with Gasteiger partial charge in [-0.1, -0.05) is 77.8 Å². The molecular formula is C23H22ClNO. The van der Waals surface area contributed by atoms with Gasteiger partial charge in [0.05, 0.1) is 12.5 Å². The number of amides is 1. The van der Waals surface area contributed by atoms with Gasteiger partial charge in [-0.05, 0) is 48.2 Å². The van der Waals surface area contributed by atoms with Crippen molar-refractivity contribution in [3.8, 4) is 0 Å². The summed E-state index contributed by atoms with van der Waals surface area (Å²) < 4.78 is 0. The largest absolute Gasteiger partial charge is 0.345 e. The van der Waals surface area contributed by atoms with E-state index in [2.05, 4.69) is 37.4 Å². The van der Waals surface area contributed by atoms with E-state index >= 15 is 0 Å². The fourth-order valence-electron chi connectivity index (χ4n) is 3.18. The van der Waals surface area contributed by atoms with E-state index in [-0.39, 0.29) is 11.9 Å². The molecule has 3 aromatic rings. The molecule has 0 heterocycles. The molecule has 0 radical (unpaired) electrons. The van der Waals surface area contributed by atoms with E-state index < -0.39 is 0 Å². The number of hydrogen-bond donors (Lipinski definition) is 1. The third-order valence-electron chi connectivity index (χ3n) is 4.43. The summed E-state index contributed by atoms with van der Waals surface area (Å²) in [5.74, 6) is -0.0268. The molecule has 2 nitrogen and oxygen atoms in total. The number of nitrogens with one attached hydrogen (secondary N) is 1. The summed E-state index contributed by atoms with van der Waals surface area (Å²) in [6.07, 6.45) is 0.300. The molecule has 26 heavy (non-hydrogen) atoms. The third-order valence-corrected chi connectivity index (χ3v) is 4.66. The maximum absolute atomic E-state index is 12.7. The zero-order valence-electron chi connectivity index (χ0n) is 15.0. The fourth-order valence-corrected chi connectivity index (χ4v) is 3.39. The lowest BCUT2D eigenvalue weighted by Crippen LogP contribution is -2.31. The summed E-state index contributed by atoms with van der Waals surface area (Å²) in [5.41, 5.74) is 5.47. The monoisotopic (exact) mass is 363 g/mol. The normalized spacial score (nSPS) is 11.8. The van der Waals surface area contributed by atoms with Crippen molar-refractivity contribution in [2.45, 2.75) is 26.3 Å². The second kappa shape index (κ2) is 8.20. The summed E-state index contributed by atoms with van der Waals surface area (Å²) in [6.45, 7) is 4.16. The van der Waals surface area contributed by atoms with Crippen LogP contribution in [0.2, 0.25) is 5.02 Å². The zero-order valence-corrected chi connectivity index (χ0v) is 15.8. The molecule has 0 aliphatic carbocycles. The van der Waals surface area contributed by atoms with E-state index in [1.54, 1.807) is 0 Å². The number of carbonyl (C=O) groups is 1. The topological polar surface area (TPSA) is 29.1 Å². The van der Waals surface area contributed by atoms with Crippen LogP contribution >= 0.6 is 11.6 Å². The molecule has 3 rings (SSSR count). The van der Waals surface area contributed by atoms with Crippen LogP contribution in [0.25, 0.3) is 0 Å². The van der Waals surface area contributed by atoms with Gasteiger partial charge in [-0.15, -0.1) is 0 Å². The maximum atomic E-state index is 12.7. The lowest BCUT2D eigenvalue weighted by molar-refractivity contribution is -0.120. The number of benzene rings is 3. The molecule has 0 aromatic heterocycles. The van der Waals surface area contributed by atoms with Gasteiger partial charge < -0.3 is 5.32 Å². The highest BCUT2D eigenvalue weighted by Crippen LogP contribution is 2.26. The van der Waals surface area contributed by atoms with Gasteiger partial charge in [-0.3, -0.25) is 4.79 Å². The van der Waals surface area contributed by atoms with Crippen molar-refractivity contribution >= 4 is 17.5 Å². The zero-order chi connectivity index (χ0) is 18.5. The summed E-state index contributed by atoms with van der Waals surface area (Å²) in [4.78, 5) is 12.7. The number of rotatable bonds is 5. The van der Waals surface area contributed by atoms with Crippen LogP contribution in [0.3, 0.4) is 0 Å². The Morgan fingerprint density at radius 3 is 2.42 bits per heavy atom. The number of halogens is 1. The van der Waals surface area contributed by atoms with Crippen LogP contribution in [0.1, 0.15) is 33.9 Å². The number of carbonyl (C=O) groups excluding carboxylic acids is 1. The van der Waals surface area contributed by atoms with Crippen LogP contribution in [-0.4, -0.2) is 5.91 Å². The molecule has 3 heteroatoms. The minimum absolute atomic E-state index is 0.0268. The van der Waals surface area contributed by atoms with Crippen LogP contribution < -0.4 is 5.32 Å². The molecule has 0 fully saturated rings. The summed E-state index contributed by atoms with van der Waals surface area (Å²) >= 11 is 6.03. The van der Waals surface area contributed by atoms with Crippen molar-refractivity contribution < 1.29 is 4.79 Å². The first-order chi connectivity index (χ1) is 12.5. The number of hydrogen-bond acceptors (Lipinski definition) is 1. The average Bonchev–Trinajstić information content (AvgIpc) is 2.61. The molecule has 132 valence electrons. The van der Waals surface area contributed by atoms with E-state index in [0.717, 1.165) is 16.7 Å². The van der Waals surface area contributed by atoms with Gasteiger partial charge in [0.15, 0.2) is 0 Å². The van der Waals surface area contributed by atoms with Crippen molar-refractivity contribution in [1.82, 2.24) is 5.32 Å². The summed E-state index contributed by atoms with van der Waals surface area (Å²) in [6, 6.07) is 23.6. The van der Waals surface area contributed by atoms with E-state index in [0.29, 0.717) is 11.4 Å². The third kappa shape index (κ3) is 4.53. The SMILES string of the molecule is Cc1ccc([C@@H](NC(=O)Cc2cccc(Cl)c2)c2ccccc2)c(C)c1. The van der Waals surface area contributed by atoms with Gasteiger partial charge >= 0.3 is 0 Å². The van der Waals surface area contributed by atoms with Crippen molar-refractivity contribution in [3.63, 3.8) is 0 Å². The Hall–Kier alpha value is -2.58. The minimum Gasteiger partial charge on any atom is -0.345 e. The summed E-state index contributed by atoms with van der Waals surface area (Å²) in [5, 5.41) is 3.84. The molecule has 1 atom stereocenters. The maximum Gasteiger partial charge on any atom is 0.225 e. The smallest absolute Gasteiger partial charge is 0.225 e. The van der Waals surface area contributed by atoms with Crippen LogP contribution in [-0.2, 0) is 11.2 Å². The Bertz CT molecular complexity index is 905. The molecular weight excluding hydrogens is 342 g/mol. The minimum atomic E-state index is -0.177. The Balaban J connectivity index is 1.87. The Kier molecular flexibility index (Phi) is 5.75. The van der Waals surface area contributed by atoms with Gasteiger partial charge in [0.2, 0.25) is 5.91 Å². The molecule has 1 N–H and O–H groups in total.